The van der Waals surface area contributed by atoms with Gasteiger partial charge in [0.25, 0.3) is 0 Å². The quantitative estimate of drug-likeness (QED) is 0.762. The highest BCUT2D eigenvalue weighted by Gasteiger charge is 2.23. The van der Waals surface area contributed by atoms with E-state index in [1.165, 1.54) is 12.8 Å². The summed E-state index contributed by atoms with van der Waals surface area (Å²) in [6.07, 6.45) is 2.35. The van der Waals surface area contributed by atoms with E-state index in [0.717, 1.165) is 15.3 Å². The van der Waals surface area contributed by atoms with Crippen LogP contribution in [0.3, 0.4) is 0 Å². The molecule has 7 heteroatoms. The SMILES string of the molecule is Nc1nc(NC2CC2)nn1-c1nc2ccccc2s1. The van der Waals surface area contributed by atoms with Gasteiger partial charge in [-0.2, -0.15) is 9.67 Å². The highest BCUT2D eigenvalue weighted by molar-refractivity contribution is 7.20. The summed E-state index contributed by atoms with van der Waals surface area (Å²) < 4.78 is 2.71. The maximum atomic E-state index is 5.91. The summed E-state index contributed by atoms with van der Waals surface area (Å²) in [5.74, 6) is 0.946. The summed E-state index contributed by atoms with van der Waals surface area (Å²) in [5, 5.41) is 8.35. The summed E-state index contributed by atoms with van der Waals surface area (Å²) in [4.78, 5) is 8.75. The summed E-state index contributed by atoms with van der Waals surface area (Å²) in [6.45, 7) is 0. The standard InChI is InChI=1S/C12H12N6S/c13-10-16-11(14-7-5-6-7)17-18(10)12-15-8-3-1-2-4-9(8)19-12/h1-4,7H,5-6H2,(H3,13,14,16,17). The van der Waals surface area contributed by atoms with Gasteiger partial charge in [0.15, 0.2) is 0 Å². The highest BCUT2D eigenvalue weighted by atomic mass is 32.1. The zero-order valence-corrected chi connectivity index (χ0v) is 10.9. The van der Waals surface area contributed by atoms with Gasteiger partial charge in [0, 0.05) is 6.04 Å². The van der Waals surface area contributed by atoms with Crippen LogP contribution in [-0.2, 0) is 0 Å². The van der Waals surface area contributed by atoms with Crippen LogP contribution in [0.2, 0.25) is 0 Å². The fraction of sp³-hybridized carbons (Fsp3) is 0.250. The Morgan fingerprint density at radius 3 is 2.89 bits per heavy atom. The fourth-order valence-electron chi connectivity index (χ4n) is 1.89. The first-order chi connectivity index (χ1) is 9.29. The van der Waals surface area contributed by atoms with Crippen molar-refractivity contribution in [1.82, 2.24) is 19.7 Å². The molecule has 1 aliphatic carbocycles. The number of nitrogens with zero attached hydrogens (tertiary/aromatic N) is 4. The van der Waals surface area contributed by atoms with Crippen LogP contribution in [0.1, 0.15) is 12.8 Å². The molecule has 0 spiro atoms. The number of nitrogens with one attached hydrogen (secondary N) is 1. The molecule has 1 aliphatic rings. The van der Waals surface area contributed by atoms with Gasteiger partial charge in [-0.25, -0.2) is 4.98 Å². The molecule has 2 aromatic heterocycles. The number of rotatable bonds is 3. The Bertz CT molecular complexity index is 709. The van der Waals surface area contributed by atoms with E-state index in [0.29, 0.717) is 17.9 Å². The predicted molar refractivity (Wildman–Crippen MR) is 75.6 cm³/mol. The molecular weight excluding hydrogens is 260 g/mol. The molecule has 0 aliphatic heterocycles. The van der Waals surface area contributed by atoms with Crippen molar-refractivity contribution in [3.63, 3.8) is 0 Å². The first-order valence-electron chi connectivity index (χ1n) is 6.14. The Labute approximate surface area is 113 Å². The van der Waals surface area contributed by atoms with E-state index in [4.69, 9.17) is 5.73 Å². The Morgan fingerprint density at radius 2 is 2.11 bits per heavy atom. The van der Waals surface area contributed by atoms with Gasteiger partial charge in [0.2, 0.25) is 17.0 Å². The molecule has 4 rings (SSSR count). The molecule has 1 saturated carbocycles. The second-order valence-electron chi connectivity index (χ2n) is 4.59. The van der Waals surface area contributed by atoms with Gasteiger partial charge in [-0.3, -0.25) is 0 Å². The molecule has 19 heavy (non-hydrogen) atoms. The third kappa shape index (κ3) is 1.91. The number of nitrogen functional groups attached to an aromatic ring is 1. The predicted octanol–water partition coefficient (Wildman–Crippen LogP) is 2.03. The van der Waals surface area contributed by atoms with Crippen LogP contribution in [0.5, 0.6) is 0 Å². The zero-order chi connectivity index (χ0) is 12.8. The van der Waals surface area contributed by atoms with Crippen molar-refractivity contribution < 1.29 is 0 Å². The van der Waals surface area contributed by atoms with E-state index in [-0.39, 0.29) is 0 Å². The van der Waals surface area contributed by atoms with Crippen LogP contribution in [0.4, 0.5) is 11.9 Å². The van der Waals surface area contributed by atoms with Crippen LogP contribution in [-0.4, -0.2) is 25.8 Å². The lowest BCUT2D eigenvalue weighted by Crippen LogP contribution is -2.03. The summed E-state index contributed by atoms with van der Waals surface area (Å²) in [7, 11) is 0. The number of thiazole rings is 1. The third-order valence-electron chi connectivity index (χ3n) is 3.01. The van der Waals surface area contributed by atoms with Crippen molar-refractivity contribution in [1.29, 1.82) is 0 Å². The maximum absolute atomic E-state index is 5.91. The number of hydrogen-bond acceptors (Lipinski definition) is 6. The summed E-state index contributed by atoms with van der Waals surface area (Å²) in [6, 6.07) is 8.48. The van der Waals surface area contributed by atoms with E-state index in [2.05, 4.69) is 20.4 Å². The molecule has 0 bridgehead atoms. The van der Waals surface area contributed by atoms with Gasteiger partial charge in [-0.15, -0.1) is 5.10 Å². The van der Waals surface area contributed by atoms with Gasteiger partial charge in [-0.05, 0) is 25.0 Å². The lowest BCUT2D eigenvalue weighted by atomic mass is 10.3. The minimum absolute atomic E-state index is 0.363. The van der Waals surface area contributed by atoms with Gasteiger partial charge in [-0.1, -0.05) is 23.5 Å². The second kappa shape index (κ2) is 3.92. The number of benzene rings is 1. The Balaban J connectivity index is 1.75. The summed E-state index contributed by atoms with van der Waals surface area (Å²) in [5.41, 5.74) is 6.86. The Hall–Kier alpha value is -2.15. The van der Waals surface area contributed by atoms with Crippen molar-refractivity contribution in [2.45, 2.75) is 18.9 Å². The van der Waals surface area contributed by atoms with E-state index >= 15 is 0 Å². The average molecular weight is 272 g/mol. The monoisotopic (exact) mass is 272 g/mol. The number of fused-ring (bicyclic) bond motifs is 1. The molecule has 0 unspecified atom stereocenters. The molecule has 2 heterocycles. The molecule has 0 saturated heterocycles. The Kier molecular flexibility index (Phi) is 2.22. The summed E-state index contributed by atoms with van der Waals surface area (Å²) >= 11 is 1.55. The van der Waals surface area contributed by atoms with Crippen molar-refractivity contribution in [2.24, 2.45) is 0 Å². The molecule has 3 N–H and O–H groups in total. The van der Waals surface area contributed by atoms with E-state index < -0.39 is 0 Å². The lowest BCUT2D eigenvalue weighted by molar-refractivity contribution is 0.879. The average Bonchev–Trinajstić information content (AvgIpc) is 2.99. The number of anilines is 2. The van der Waals surface area contributed by atoms with Crippen molar-refractivity contribution in [2.75, 3.05) is 11.1 Å². The molecule has 6 nitrogen and oxygen atoms in total. The molecule has 0 amide bonds. The molecule has 1 aromatic carbocycles. The largest absolute Gasteiger partial charge is 0.368 e. The first-order valence-corrected chi connectivity index (χ1v) is 6.96. The zero-order valence-electron chi connectivity index (χ0n) is 10.1. The highest BCUT2D eigenvalue weighted by Crippen LogP contribution is 2.27. The minimum Gasteiger partial charge on any atom is -0.368 e. The van der Waals surface area contributed by atoms with Crippen LogP contribution in [0.15, 0.2) is 24.3 Å². The van der Waals surface area contributed by atoms with Crippen molar-refractivity contribution in [3.05, 3.63) is 24.3 Å². The van der Waals surface area contributed by atoms with E-state index in [9.17, 15) is 0 Å². The molecule has 96 valence electrons. The third-order valence-corrected chi connectivity index (χ3v) is 4.02. The van der Waals surface area contributed by atoms with E-state index in [1.807, 2.05) is 24.3 Å². The van der Waals surface area contributed by atoms with Crippen molar-refractivity contribution >= 4 is 33.5 Å². The topological polar surface area (TPSA) is 81.6 Å². The van der Waals surface area contributed by atoms with E-state index in [1.54, 1.807) is 16.0 Å². The number of para-hydroxylation sites is 1. The molecule has 0 radical (unpaired) electrons. The normalized spacial score (nSPS) is 14.9. The van der Waals surface area contributed by atoms with Crippen LogP contribution in [0, 0.1) is 0 Å². The molecule has 0 atom stereocenters. The van der Waals surface area contributed by atoms with Gasteiger partial charge in [0.1, 0.15) is 0 Å². The van der Waals surface area contributed by atoms with Crippen LogP contribution < -0.4 is 11.1 Å². The van der Waals surface area contributed by atoms with Crippen LogP contribution in [0.25, 0.3) is 15.3 Å². The smallest absolute Gasteiger partial charge is 0.244 e. The fourth-order valence-corrected chi connectivity index (χ4v) is 2.81. The van der Waals surface area contributed by atoms with Gasteiger partial charge >= 0.3 is 0 Å². The first kappa shape index (κ1) is 10.7. The molecule has 1 fully saturated rings. The Morgan fingerprint density at radius 1 is 1.26 bits per heavy atom. The minimum atomic E-state index is 0.363. The van der Waals surface area contributed by atoms with Gasteiger partial charge < -0.3 is 11.1 Å². The molecule has 3 aromatic rings. The maximum Gasteiger partial charge on any atom is 0.244 e. The molecular formula is C12H12N6S. The lowest BCUT2D eigenvalue weighted by Gasteiger charge is -1.95. The number of hydrogen-bond donors (Lipinski definition) is 2. The van der Waals surface area contributed by atoms with Crippen LogP contribution >= 0.6 is 11.3 Å². The van der Waals surface area contributed by atoms with Crippen molar-refractivity contribution in [3.8, 4) is 5.13 Å². The second-order valence-corrected chi connectivity index (χ2v) is 5.60. The number of nitrogens with two attached hydrogens (primary N) is 1. The number of aromatic nitrogens is 4. The van der Waals surface area contributed by atoms with Gasteiger partial charge in [0.05, 0.1) is 10.2 Å².